The number of likely N-dealkylation sites (tertiary alicyclic amines) is 1. The first kappa shape index (κ1) is 5.48. The van der Waals surface area contributed by atoms with Gasteiger partial charge in [-0.1, -0.05) is 6.85 Å². The Hall–Kier alpha value is -2.62. The van der Waals surface area contributed by atoms with Crippen LogP contribution in [0.3, 0.4) is 0 Å². The number of H-pyrrole nitrogens is 1. The summed E-state index contributed by atoms with van der Waals surface area (Å²) in [6.45, 7) is -11.8. The second-order valence-electron chi connectivity index (χ2n) is 4.36. The van der Waals surface area contributed by atoms with E-state index in [4.69, 9.17) is 25.8 Å². The van der Waals surface area contributed by atoms with Crippen molar-refractivity contribution < 1.29 is 25.4 Å². The Morgan fingerprint density at radius 1 is 1.83 bits per heavy atom. The SMILES string of the molecule is [2H]c1nc(N(C([2H])([2H])[2H])[C@@]2([2H])C([2H])([2H])N(C(=O)C([2H])([2H])[N+]#[C-])C([2H])([2H])C[C@@]2([2H])C([2H])([2H])[2H])c2cc[nH]c2n1. The lowest BCUT2D eigenvalue weighted by atomic mass is 9.92. The van der Waals surface area contributed by atoms with Gasteiger partial charge in [0, 0.05) is 38.5 Å². The zero-order valence-corrected chi connectivity index (χ0v) is 11.5. The van der Waals surface area contributed by atoms with Crippen molar-refractivity contribution in [3.8, 4) is 0 Å². The van der Waals surface area contributed by atoms with Gasteiger partial charge in [-0.05, 0) is 18.4 Å². The van der Waals surface area contributed by atoms with Crippen LogP contribution >= 0.6 is 0 Å². The molecule has 0 saturated carbocycles. The van der Waals surface area contributed by atoms with E-state index in [0.29, 0.717) is 0 Å². The van der Waals surface area contributed by atoms with E-state index in [1.54, 1.807) is 0 Å². The maximum Gasteiger partial charge on any atom is 0.302 e. The first-order valence-electron chi connectivity index (χ1n) is 13.8. The Balaban J connectivity index is 2.54. The summed E-state index contributed by atoms with van der Waals surface area (Å²) in [6, 6.07) is -2.81. The Labute approximate surface area is 156 Å². The van der Waals surface area contributed by atoms with Crippen LogP contribution in [-0.2, 0) is 4.79 Å². The summed E-state index contributed by atoms with van der Waals surface area (Å²) in [5.74, 6) is -6.73. The quantitative estimate of drug-likeness (QED) is 0.869. The molecule has 0 aliphatic carbocycles. The number of hydrogen-bond acceptors (Lipinski definition) is 4. The van der Waals surface area contributed by atoms with Gasteiger partial charge in [-0.25, -0.2) is 16.5 Å². The highest BCUT2D eigenvalue weighted by molar-refractivity contribution is 5.87. The third kappa shape index (κ3) is 2.84. The molecule has 0 radical (unpaired) electrons. The average Bonchev–Trinajstić information content (AvgIpc) is 3.18. The minimum atomic E-state index is -4.12. The Morgan fingerprint density at radius 2 is 2.74 bits per heavy atom. The summed E-state index contributed by atoms with van der Waals surface area (Å²) >= 11 is 0. The third-order valence-corrected chi connectivity index (χ3v) is 2.99. The molecule has 1 aliphatic heterocycles. The number of carbonyl (C=O) groups excluding carboxylic acids is 1. The van der Waals surface area contributed by atoms with Crippen molar-refractivity contribution in [1.82, 2.24) is 19.9 Å². The molecular weight excluding hydrogens is 292 g/mol. The van der Waals surface area contributed by atoms with Gasteiger partial charge in [0.05, 0.1) is 15.5 Å². The normalized spacial score (nSPS) is 43.3. The van der Waals surface area contributed by atoms with Gasteiger partial charge in [-0.15, -0.1) is 0 Å². The van der Waals surface area contributed by atoms with Crippen molar-refractivity contribution in [2.45, 2.75) is 19.3 Å². The molecule has 0 aromatic carbocycles. The van der Waals surface area contributed by atoms with E-state index >= 15 is 0 Å². The number of rotatable bonds is 3. The average molecular weight is 327 g/mol. The van der Waals surface area contributed by atoms with Crippen LogP contribution in [0.1, 0.15) is 33.8 Å². The van der Waals surface area contributed by atoms with Gasteiger partial charge in [-0.2, -0.15) is 0 Å². The Kier molecular flexibility index (Phi) is 1.49. The summed E-state index contributed by atoms with van der Waals surface area (Å²) in [7, 11) is 0. The van der Waals surface area contributed by atoms with Crippen LogP contribution in [-0.4, -0.2) is 58.2 Å². The minimum Gasteiger partial charge on any atom is -0.354 e. The molecule has 2 aromatic rings. The van der Waals surface area contributed by atoms with E-state index in [0.717, 1.165) is 0 Å². The molecule has 0 unspecified atom stereocenters. The van der Waals surface area contributed by atoms with Gasteiger partial charge < -0.3 is 19.6 Å². The highest BCUT2D eigenvalue weighted by Crippen LogP contribution is 2.28. The third-order valence-electron chi connectivity index (χ3n) is 2.99. The van der Waals surface area contributed by atoms with E-state index in [2.05, 4.69) is 19.8 Å². The van der Waals surface area contributed by atoms with Gasteiger partial charge in [0.25, 0.3) is 6.50 Å². The number of anilines is 1. The molecule has 2 atom stereocenters. The van der Waals surface area contributed by atoms with E-state index < -0.39 is 74.6 Å². The van der Waals surface area contributed by atoms with Crippen LogP contribution < -0.4 is 4.90 Å². The van der Waals surface area contributed by atoms with E-state index in [1.807, 2.05) is 0 Å². The van der Waals surface area contributed by atoms with Gasteiger partial charge in [-0.3, -0.25) is 4.79 Å². The van der Waals surface area contributed by atoms with Gasteiger partial charge in [0.2, 0.25) is 0 Å². The van der Waals surface area contributed by atoms with Crippen LogP contribution in [0, 0.1) is 12.5 Å². The van der Waals surface area contributed by atoms with Gasteiger partial charge >= 0.3 is 5.91 Å². The lowest BCUT2D eigenvalue weighted by Crippen LogP contribution is -2.53. The first-order chi connectivity index (χ1) is 16.9. The van der Waals surface area contributed by atoms with Crippen molar-refractivity contribution in [3.05, 3.63) is 30.0 Å². The molecule has 7 nitrogen and oxygen atoms in total. The Bertz CT molecular complexity index is 1310. The fourth-order valence-electron chi connectivity index (χ4n) is 1.95. The number of hydrogen-bond donors (Lipinski definition) is 1. The van der Waals surface area contributed by atoms with E-state index in [-0.39, 0.29) is 15.9 Å². The molecule has 2 aromatic heterocycles. The highest BCUT2D eigenvalue weighted by atomic mass is 16.2. The lowest BCUT2D eigenvalue weighted by Gasteiger charge is -2.41. The van der Waals surface area contributed by atoms with E-state index in [1.165, 1.54) is 12.3 Å². The maximum atomic E-state index is 13.0. The molecule has 1 aliphatic rings. The summed E-state index contributed by atoms with van der Waals surface area (Å²) < 4.78 is 123. The number of aromatic nitrogens is 3. The molecule has 1 N–H and O–H groups in total. The molecule has 0 spiro atoms. The largest absolute Gasteiger partial charge is 0.354 e. The maximum absolute atomic E-state index is 13.0. The van der Waals surface area contributed by atoms with Crippen LogP contribution in [0.5, 0.6) is 0 Å². The minimum absolute atomic E-state index is 0.175. The first-order valence-corrected chi connectivity index (χ1v) is 6.26. The predicted octanol–water partition coefficient (Wildman–Crippen LogP) is 1.55. The standard InChI is InChI=1S/C16H20N6O/c1-11-5-7-22(14(23)8-17-2)9-13(11)21(3)16-12-4-6-18-15(12)19-10-20-16/h4,6,10-11,13H,5,7-9H2,1,3H3,(H,18,19,20)/t11-,13+/m1/s1/i1D3,3D3,7D2,8D2,9D2,10D,11D,13D. The number of carbonyl (C=O) groups is 1. The van der Waals surface area contributed by atoms with Crippen LogP contribution in [0.4, 0.5) is 5.82 Å². The van der Waals surface area contributed by atoms with Gasteiger partial charge in [0.1, 0.15) is 21.9 Å². The molecule has 120 valence electrons. The van der Waals surface area contributed by atoms with Gasteiger partial charge in [0.15, 0.2) is 0 Å². The second kappa shape index (κ2) is 6.24. The number of amides is 1. The number of fused-ring (bicyclic) bond motifs is 1. The van der Waals surface area contributed by atoms with Crippen LogP contribution in [0.15, 0.2) is 18.6 Å². The number of piperidine rings is 1. The summed E-state index contributed by atoms with van der Waals surface area (Å²) in [5.41, 5.74) is -0.175. The van der Waals surface area contributed by atoms with Crippen LogP contribution in [0.2, 0.25) is 0 Å². The molecule has 3 rings (SSSR count). The van der Waals surface area contributed by atoms with Crippen molar-refractivity contribution >= 4 is 22.8 Å². The number of likely N-dealkylation sites (N-methyl/N-ethyl adjacent to an activating group) is 1. The Morgan fingerprint density at radius 3 is 3.52 bits per heavy atom. The van der Waals surface area contributed by atoms with E-state index in [9.17, 15) is 6.17 Å². The summed E-state index contributed by atoms with van der Waals surface area (Å²) in [4.78, 5) is 24.7. The van der Waals surface area contributed by atoms with Crippen molar-refractivity contribution in [2.24, 2.45) is 5.89 Å². The second-order valence-corrected chi connectivity index (χ2v) is 4.36. The lowest BCUT2D eigenvalue weighted by molar-refractivity contribution is -0.130. The number of aromatic amines is 1. The molecule has 3 heterocycles. The zero-order valence-electron chi connectivity index (χ0n) is 26.5. The molecule has 23 heavy (non-hydrogen) atoms. The fourth-order valence-corrected chi connectivity index (χ4v) is 1.95. The smallest absolute Gasteiger partial charge is 0.302 e. The predicted molar refractivity (Wildman–Crippen MR) is 87.9 cm³/mol. The van der Waals surface area contributed by atoms with Crippen molar-refractivity contribution in [2.75, 3.05) is 31.4 Å². The zero-order chi connectivity index (χ0) is 29.5. The molecule has 1 saturated heterocycles. The summed E-state index contributed by atoms with van der Waals surface area (Å²) in [5, 5.41) is -0.240. The molecule has 1 amide bonds. The molecule has 0 bridgehead atoms. The van der Waals surface area contributed by atoms with Crippen molar-refractivity contribution in [3.63, 3.8) is 0 Å². The monoisotopic (exact) mass is 327 g/mol. The summed E-state index contributed by atoms with van der Waals surface area (Å²) in [6.07, 6.45) is -1.31. The molecular formula is C16H20N6O. The number of nitrogens with zero attached hydrogens (tertiary/aromatic N) is 5. The number of nitrogens with one attached hydrogen (secondary N) is 1. The molecule has 7 heteroatoms. The fraction of sp³-hybridized carbons (Fsp3) is 0.500. The van der Waals surface area contributed by atoms with Crippen LogP contribution in [0.25, 0.3) is 15.9 Å². The topological polar surface area (TPSA) is 69.5 Å². The highest BCUT2D eigenvalue weighted by Gasteiger charge is 2.33. The molecule has 1 fully saturated rings. The van der Waals surface area contributed by atoms with Crippen molar-refractivity contribution in [1.29, 1.82) is 0 Å².